The van der Waals surface area contributed by atoms with Crippen LogP contribution in [-0.2, 0) is 0 Å². The van der Waals surface area contributed by atoms with Gasteiger partial charge in [-0.15, -0.1) is 0 Å². The van der Waals surface area contributed by atoms with E-state index in [0.717, 1.165) is 12.1 Å². The Morgan fingerprint density at radius 2 is 1.85 bits per heavy atom. The summed E-state index contributed by atoms with van der Waals surface area (Å²) in [4.78, 5) is 0. The number of rotatable bonds is 3. The summed E-state index contributed by atoms with van der Waals surface area (Å²) in [5, 5.41) is -0.00454. The van der Waals surface area contributed by atoms with Crippen LogP contribution in [0, 0.1) is 11.6 Å². The van der Waals surface area contributed by atoms with Gasteiger partial charge in [-0.25, -0.2) is 8.78 Å². The van der Waals surface area contributed by atoms with E-state index in [9.17, 15) is 8.78 Å². The third kappa shape index (κ3) is 2.54. The van der Waals surface area contributed by atoms with Crippen LogP contribution in [-0.4, -0.2) is 13.2 Å². The molecule has 0 fully saturated rings. The molecule has 0 aromatic heterocycles. The van der Waals surface area contributed by atoms with E-state index in [4.69, 9.17) is 22.1 Å². The largest absolute Gasteiger partial charge is 0.486 e. The summed E-state index contributed by atoms with van der Waals surface area (Å²) < 4.78 is 30.6. The molecule has 0 spiro atoms. The molecule has 0 heterocycles. The average molecular weight is 208 g/mol. The molecule has 1 aromatic rings. The highest BCUT2D eigenvalue weighted by atomic mass is 35.5. The van der Waals surface area contributed by atoms with Gasteiger partial charge in [-0.3, -0.25) is 0 Å². The molecule has 0 atom stereocenters. The molecular formula is C8H8ClF2NO. The van der Waals surface area contributed by atoms with Crippen LogP contribution in [0.3, 0.4) is 0 Å². The molecular weight excluding hydrogens is 200 g/mol. The van der Waals surface area contributed by atoms with Crippen LogP contribution < -0.4 is 10.5 Å². The van der Waals surface area contributed by atoms with Gasteiger partial charge in [-0.2, -0.15) is 0 Å². The summed E-state index contributed by atoms with van der Waals surface area (Å²) in [5.74, 6) is -2.08. The normalized spacial score (nSPS) is 10.2. The van der Waals surface area contributed by atoms with E-state index in [1.54, 1.807) is 0 Å². The van der Waals surface area contributed by atoms with Gasteiger partial charge in [0.2, 0.25) is 0 Å². The van der Waals surface area contributed by atoms with Gasteiger partial charge >= 0.3 is 0 Å². The Labute approximate surface area is 79.2 Å². The zero-order chi connectivity index (χ0) is 9.84. The molecule has 1 aromatic carbocycles. The number of halogens is 3. The first-order valence-electron chi connectivity index (χ1n) is 3.62. The standard InChI is InChI=1S/C8H8ClF2NO/c9-5-3-6(10)8(7(11)4-5)13-2-1-12/h3-4H,1-2,12H2. The van der Waals surface area contributed by atoms with Crippen molar-refractivity contribution in [2.75, 3.05) is 13.2 Å². The summed E-state index contributed by atoms with van der Waals surface area (Å²) >= 11 is 5.40. The molecule has 0 bridgehead atoms. The minimum Gasteiger partial charge on any atom is -0.486 e. The molecule has 0 amide bonds. The maximum Gasteiger partial charge on any atom is 0.190 e. The molecule has 72 valence electrons. The van der Waals surface area contributed by atoms with Crippen LogP contribution >= 0.6 is 11.6 Å². The second kappa shape index (κ2) is 4.39. The van der Waals surface area contributed by atoms with Gasteiger partial charge in [0, 0.05) is 11.6 Å². The lowest BCUT2D eigenvalue weighted by atomic mass is 10.3. The summed E-state index contributed by atoms with van der Waals surface area (Å²) in [6.07, 6.45) is 0. The molecule has 0 saturated heterocycles. The lowest BCUT2D eigenvalue weighted by molar-refractivity contribution is 0.293. The minimum atomic E-state index is -0.821. The van der Waals surface area contributed by atoms with Crippen LogP contribution in [0.5, 0.6) is 5.75 Å². The predicted octanol–water partition coefficient (Wildman–Crippen LogP) is 1.96. The fraction of sp³-hybridized carbons (Fsp3) is 0.250. The van der Waals surface area contributed by atoms with E-state index in [1.165, 1.54) is 0 Å². The molecule has 2 nitrogen and oxygen atoms in total. The van der Waals surface area contributed by atoms with E-state index in [2.05, 4.69) is 0 Å². The van der Waals surface area contributed by atoms with Gasteiger partial charge in [-0.05, 0) is 12.1 Å². The van der Waals surface area contributed by atoms with E-state index in [-0.39, 0.29) is 18.2 Å². The van der Waals surface area contributed by atoms with Crippen molar-refractivity contribution in [3.05, 3.63) is 28.8 Å². The Morgan fingerprint density at radius 1 is 1.31 bits per heavy atom. The Hall–Kier alpha value is -0.870. The second-order valence-corrected chi connectivity index (χ2v) is 2.77. The van der Waals surface area contributed by atoms with Gasteiger partial charge in [-0.1, -0.05) is 11.6 Å². The number of hydrogen-bond acceptors (Lipinski definition) is 2. The van der Waals surface area contributed by atoms with Crippen molar-refractivity contribution in [3.8, 4) is 5.75 Å². The SMILES string of the molecule is NCCOc1c(F)cc(Cl)cc1F. The first-order valence-corrected chi connectivity index (χ1v) is 4.00. The highest BCUT2D eigenvalue weighted by molar-refractivity contribution is 6.30. The predicted molar refractivity (Wildman–Crippen MR) is 45.9 cm³/mol. The maximum atomic E-state index is 12.9. The second-order valence-electron chi connectivity index (χ2n) is 2.34. The minimum absolute atomic E-state index is 0.00454. The average Bonchev–Trinajstić information content (AvgIpc) is 2.02. The third-order valence-electron chi connectivity index (χ3n) is 1.33. The van der Waals surface area contributed by atoms with E-state index in [0.29, 0.717) is 0 Å². The van der Waals surface area contributed by atoms with E-state index >= 15 is 0 Å². The highest BCUT2D eigenvalue weighted by Gasteiger charge is 2.11. The number of hydrogen-bond donors (Lipinski definition) is 1. The van der Waals surface area contributed by atoms with Crippen molar-refractivity contribution in [2.45, 2.75) is 0 Å². The molecule has 13 heavy (non-hydrogen) atoms. The molecule has 0 radical (unpaired) electrons. The summed E-state index contributed by atoms with van der Waals surface area (Å²) in [6.45, 7) is 0.261. The van der Waals surface area contributed by atoms with Gasteiger partial charge in [0.15, 0.2) is 17.4 Å². The van der Waals surface area contributed by atoms with Crippen molar-refractivity contribution in [3.63, 3.8) is 0 Å². The molecule has 0 aliphatic carbocycles. The van der Waals surface area contributed by atoms with Crippen molar-refractivity contribution < 1.29 is 13.5 Å². The zero-order valence-corrected chi connectivity index (χ0v) is 7.44. The Kier molecular flexibility index (Phi) is 3.45. The van der Waals surface area contributed by atoms with Crippen LogP contribution in [0.25, 0.3) is 0 Å². The monoisotopic (exact) mass is 207 g/mol. The van der Waals surface area contributed by atoms with Gasteiger partial charge in [0.05, 0.1) is 0 Å². The number of ether oxygens (including phenoxy) is 1. The Bertz CT molecular complexity index is 283. The van der Waals surface area contributed by atoms with Crippen LogP contribution in [0.15, 0.2) is 12.1 Å². The van der Waals surface area contributed by atoms with Gasteiger partial charge in [0.1, 0.15) is 6.61 Å². The number of benzene rings is 1. The van der Waals surface area contributed by atoms with Crippen LogP contribution in [0.1, 0.15) is 0 Å². The Morgan fingerprint density at radius 3 is 2.31 bits per heavy atom. The van der Waals surface area contributed by atoms with Gasteiger partial charge in [0.25, 0.3) is 0 Å². The molecule has 0 aliphatic heterocycles. The van der Waals surface area contributed by atoms with Gasteiger partial charge < -0.3 is 10.5 Å². The summed E-state index contributed by atoms with van der Waals surface area (Å²) in [5.41, 5.74) is 5.11. The van der Waals surface area contributed by atoms with Crippen molar-refractivity contribution in [1.82, 2.24) is 0 Å². The first-order chi connectivity index (χ1) is 6.15. The Balaban J connectivity index is 2.92. The fourth-order valence-corrected chi connectivity index (χ4v) is 1.02. The van der Waals surface area contributed by atoms with E-state index in [1.807, 2.05) is 0 Å². The smallest absolute Gasteiger partial charge is 0.190 e. The fourth-order valence-electron chi connectivity index (χ4n) is 0.828. The third-order valence-corrected chi connectivity index (χ3v) is 1.55. The number of nitrogens with two attached hydrogens (primary N) is 1. The van der Waals surface area contributed by atoms with Crippen LogP contribution in [0.2, 0.25) is 5.02 Å². The lowest BCUT2D eigenvalue weighted by Gasteiger charge is -2.06. The van der Waals surface area contributed by atoms with Crippen molar-refractivity contribution >= 4 is 11.6 Å². The topological polar surface area (TPSA) is 35.2 Å². The quantitative estimate of drug-likeness (QED) is 0.823. The van der Waals surface area contributed by atoms with Crippen LogP contribution in [0.4, 0.5) is 8.78 Å². The first kappa shape index (κ1) is 10.2. The summed E-state index contributed by atoms with van der Waals surface area (Å²) in [7, 11) is 0. The summed E-state index contributed by atoms with van der Waals surface area (Å²) in [6, 6.07) is 1.97. The van der Waals surface area contributed by atoms with Crippen molar-refractivity contribution in [2.24, 2.45) is 5.73 Å². The molecule has 2 N–H and O–H groups in total. The highest BCUT2D eigenvalue weighted by Crippen LogP contribution is 2.25. The molecule has 1 rings (SSSR count). The molecule has 5 heteroatoms. The molecule has 0 aliphatic rings. The van der Waals surface area contributed by atoms with Crippen molar-refractivity contribution in [1.29, 1.82) is 0 Å². The van der Waals surface area contributed by atoms with E-state index < -0.39 is 17.4 Å². The molecule has 0 saturated carbocycles. The molecule has 0 unspecified atom stereocenters. The zero-order valence-electron chi connectivity index (χ0n) is 6.69. The lowest BCUT2D eigenvalue weighted by Crippen LogP contribution is -2.12. The maximum absolute atomic E-state index is 12.9.